The predicted molar refractivity (Wildman–Crippen MR) is 123 cm³/mol. The number of hydrogen-bond donors (Lipinski definition) is 3. The minimum absolute atomic E-state index is 0.0423. The lowest BCUT2D eigenvalue weighted by molar-refractivity contribution is -0.137. The molecule has 1 unspecified atom stereocenters. The molecule has 0 aliphatic heterocycles. The van der Waals surface area contributed by atoms with Crippen LogP contribution in [-0.4, -0.2) is 21.9 Å². The molecule has 0 bridgehead atoms. The number of hydrogen-bond acceptors (Lipinski definition) is 5. The first-order chi connectivity index (χ1) is 15.1. The number of anilines is 1. The first kappa shape index (κ1) is 28.6. The lowest BCUT2D eigenvalue weighted by Gasteiger charge is -2.25. The molecular weight excluding hydrogens is 424 g/mol. The highest BCUT2D eigenvalue weighted by Crippen LogP contribution is 2.37. The normalized spacial score (nSPS) is 12.2. The summed E-state index contributed by atoms with van der Waals surface area (Å²) in [5.74, 6) is 11.2. The van der Waals surface area contributed by atoms with Crippen LogP contribution in [0.3, 0.4) is 0 Å². The monoisotopic (exact) mass is 454 g/mol. The number of hydrazine groups is 1. The number of pyridine rings is 1. The van der Waals surface area contributed by atoms with Crippen molar-refractivity contribution >= 4 is 11.7 Å². The van der Waals surface area contributed by atoms with E-state index in [4.69, 9.17) is 17.4 Å². The molecule has 0 spiro atoms. The molecule has 0 saturated carbocycles. The maximum Gasteiger partial charge on any atom is 0.417 e. The Kier molecular flexibility index (Phi) is 12.3. The number of amidine groups is 1. The molecule has 0 aliphatic rings. The Morgan fingerprint density at radius 1 is 1.25 bits per heavy atom. The molecule has 10 heteroatoms. The molecule has 1 aromatic heterocycles. The van der Waals surface area contributed by atoms with E-state index in [0.29, 0.717) is 6.33 Å². The maximum atomic E-state index is 13.3. The van der Waals surface area contributed by atoms with Gasteiger partial charge in [-0.05, 0) is 37.6 Å². The Hall–Kier alpha value is -3.40. The van der Waals surface area contributed by atoms with E-state index >= 15 is 0 Å². The molecule has 0 aliphatic carbocycles. The molecule has 32 heavy (non-hydrogen) atoms. The van der Waals surface area contributed by atoms with E-state index < -0.39 is 17.8 Å². The third kappa shape index (κ3) is 7.69. The zero-order valence-electron chi connectivity index (χ0n) is 18.6. The van der Waals surface area contributed by atoms with E-state index in [2.05, 4.69) is 16.7 Å². The SMILES string of the molecule is C=CC.CC.CC(/C=C/F)N(N)/C(=N\N)c1cc(-c2ccccc2C(F)(F)F)cnc1N. The van der Waals surface area contributed by atoms with Gasteiger partial charge < -0.3 is 11.6 Å². The summed E-state index contributed by atoms with van der Waals surface area (Å²) in [6, 6.07) is 5.74. The highest BCUT2D eigenvalue weighted by atomic mass is 19.4. The van der Waals surface area contributed by atoms with Crippen LogP contribution in [0.25, 0.3) is 11.1 Å². The standard InChI is InChI=1S/C17H18F4N6.C3H6.C2H6/c1-10(6-7-18)27(24)16(26-23)13-8-11(9-25-15(13)22)12-4-2-3-5-14(12)17(19,20)21;1-3-2;1-2/h2-10H,23-24H2,1H3,(H2,22,25);3H,1H2,2H3;1-2H3/b7-6+,26-16-;;. The number of nitrogen functional groups attached to an aromatic ring is 1. The van der Waals surface area contributed by atoms with Crippen molar-refractivity contribution in [1.29, 1.82) is 0 Å². The quantitative estimate of drug-likeness (QED) is 0.146. The second-order valence-corrected chi connectivity index (χ2v) is 6.03. The summed E-state index contributed by atoms with van der Waals surface area (Å²) in [6.07, 6.45) is -0.152. The van der Waals surface area contributed by atoms with Gasteiger partial charge >= 0.3 is 6.18 Å². The third-order valence-corrected chi connectivity index (χ3v) is 3.86. The summed E-state index contributed by atoms with van der Waals surface area (Å²) >= 11 is 0. The van der Waals surface area contributed by atoms with E-state index in [1.54, 1.807) is 13.0 Å². The molecule has 0 saturated heterocycles. The largest absolute Gasteiger partial charge is 0.417 e. The van der Waals surface area contributed by atoms with Crippen molar-refractivity contribution in [2.75, 3.05) is 5.73 Å². The van der Waals surface area contributed by atoms with Gasteiger partial charge in [0.1, 0.15) is 5.82 Å². The van der Waals surface area contributed by atoms with Crippen LogP contribution in [0.2, 0.25) is 0 Å². The van der Waals surface area contributed by atoms with Gasteiger partial charge in [0.15, 0.2) is 5.84 Å². The topological polar surface area (TPSA) is 107 Å². The van der Waals surface area contributed by atoms with Crippen molar-refractivity contribution in [3.05, 3.63) is 72.7 Å². The molecule has 6 nitrogen and oxygen atoms in total. The van der Waals surface area contributed by atoms with Crippen LogP contribution in [0, 0.1) is 0 Å². The van der Waals surface area contributed by atoms with Gasteiger partial charge in [-0.1, -0.05) is 38.1 Å². The van der Waals surface area contributed by atoms with E-state index in [9.17, 15) is 17.6 Å². The smallest absolute Gasteiger partial charge is 0.383 e. The maximum absolute atomic E-state index is 13.3. The van der Waals surface area contributed by atoms with Gasteiger partial charge in [-0.25, -0.2) is 15.2 Å². The summed E-state index contributed by atoms with van der Waals surface area (Å²) < 4.78 is 52.3. The van der Waals surface area contributed by atoms with Crippen LogP contribution in [0.15, 0.2) is 66.7 Å². The second kappa shape index (κ2) is 13.8. The number of nitrogens with zero attached hydrogens (tertiary/aromatic N) is 3. The number of halogens is 4. The van der Waals surface area contributed by atoms with E-state index in [1.165, 1.54) is 30.5 Å². The molecule has 6 N–H and O–H groups in total. The number of hydrazone groups is 1. The molecule has 1 aromatic carbocycles. The van der Waals surface area contributed by atoms with Crippen molar-refractivity contribution in [1.82, 2.24) is 9.99 Å². The van der Waals surface area contributed by atoms with Crippen LogP contribution < -0.4 is 17.4 Å². The second-order valence-electron chi connectivity index (χ2n) is 6.03. The lowest BCUT2D eigenvalue weighted by Crippen LogP contribution is -2.44. The fourth-order valence-corrected chi connectivity index (χ4v) is 2.45. The summed E-state index contributed by atoms with van der Waals surface area (Å²) in [6.45, 7) is 10.8. The Morgan fingerprint density at radius 2 is 1.81 bits per heavy atom. The molecule has 1 atom stereocenters. The number of rotatable bonds is 4. The number of benzene rings is 1. The van der Waals surface area contributed by atoms with Crippen LogP contribution >= 0.6 is 0 Å². The van der Waals surface area contributed by atoms with Gasteiger partial charge in [-0.15, -0.1) is 6.58 Å². The highest BCUT2D eigenvalue weighted by Gasteiger charge is 2.33. The average molecular weight is 455 g/mol. The molecule has 1 heterocycles. The van der Waals surface area contributed by atoms with Crippen molar-refractivity contribution in [2.45, 2.75) is 39.9 Å². The minimum Gasteiger partial charge on any atom is -0.383 e. The molecule has 2 rings (SSSR count). The summed E-state index contributed by atoms with van der Waals surface area (Å²) in [5.41, 5.74) is 5.19. The van der Waals surface area contributed by atoms with Crippen molar-refractivity contribution in [2.24, 2.45) is 16.8 Å². The van der Waals surface area contributed by atoms with Crippen molar-refractivity contribution < 1.29 is 17.6 Å². The Balaban J connectivity index is 0.00000177. The van der Waals surface area contributed by atoms with E-state index in [1.807, 2.05) is 20.8 Å². The molecule has 2 aromatic rings. The highest BCUT2D eigenvalue weighted by molar-refractivity contribution is 6.03. The van der Waals surface area contributed by atoms with Gasteiger partial charge in [0.25, 0.3) is 0 Å². The molecule has 176 valence electrons. The van der Waals surface area contributed by atoms with Gasteiger partial charge in [-0.2, -0.15) is 18.3 Å². The lowest BCUT2D eigenvalue weighted by atomic mass is 9.99. The van der Waals surface area contributed by atoms with Crippen LogP contribution in [0.4, 0.5) is 23.4 Å². The Morgan fingerprint density at radius 3 is 2.31 bits per heavy atom. The van der Waals surface area contributed by atoms with Crippen LogP contribution in [-0.2, 0) is 6.18 Å². The van der Waals surface area contributed by atoms with E-state index in [0.717, 1.165) is 17.2 Å². The number of allylic oxidation sites excluding steroid dienone is 1. The fraction of sp³-hybridized carbons (Fsp3) is 0.273. The van der Waals surface area contributed by atoms with Gasteiger partial charge in [0, 0.05) is 11.8 Å². The van der Waals surface area contributed by atoms with Crippen molar-refractivity contribution in [3.8, 4) is 11.1 Å². The summed E-state index contributed by atoms with van der Waals surface area (Å²) in [7, 11) is 0. The molecular formula is C22H30F4N6. The van der Waals surface area contributed by atoms with Crippen LogP contribution in [0.5, 0.6) is 0 Å². The fourth-order valence-electron chi connectivity index (χ4n) is 2.45. The Bertz CT molecular complexity index is 910. The third-order valence-electron chi connectivity index (χ3n) is 3.86. The van der Waals surface area contributed by atoms with E-state index in [-0.39, 0.29) is 28.3 Å². The minimum atomic E-state index is -4.55. The molecule has 0 radical (unpaired) electrons. The van der Waals surface area contributed by atoms with Gasteiger partial charge in [-0.3, -0.25) is 5.01 Å². The van der Waals surface area contributed by atoms with Gasteiger partial charge in [0.2, 0.25) is 0 Å². The predicted octanol–water partition coefficient (Wildman–Crippen LogP) is 5.24. The summed E-state index contributed by atoms with van der Waals surface area (Å²) in [5, 5.41) is 4.58. The Labute approximate surface area is 186 Å². The summed E-state index contributed by atoms with van der Waals surface area (Å²) in [4.78, 5) is 3.93. The van der Waals surface area contributed by atoms with Gasteiger partial charge in [0.05, 0.1) is 23.5 Å². The molecule has 0 amide bonds. The van der Waals surface area contributed by atoms with Crippen LogP contribution in [0.1, 0.15) is 38.8 Å². The average Bonchev–Trinajstić information content (AvgIpc) is 2.77. The zero-order chi connectivity index (χ0) is 24.9. The number of aromatic nitrogens is 1. The first-order valence-corrected chi connectivity index (χ1v) is 9.70. The number of nitrogens with two attached hydrogens (primary N) is 3. The van der Waals surface area contributed by atoms with Crippen molar-refractivity contribution in [3.63, 3.8) is 0 Å². The molecule has 0 fully saturated rings. The zero-order valence-corrected chi connectivity index (χ0v) is 18.6. The number of alkyl halides is 3. The first-order valence-electron chi connectivity index (χ1n) is 9.70.